The zero-order valence-corrected chi connectivity index (χ0v) is 15.0. The number of hydrogen-bond acceptors (Lipinski definition) is 4. The molecule has 1 aliphatic heterocycles. The Balaban J connectivity index is 1.69. The van der Waals surface area contributed by atoms with Gasteiger partial charge in [0.2, 0.25) is 15.9 Å². The number of aromatic nitrogens is 1. The number of rotatable bonds is 4. The van der Waals surface area contributed by atoms with Gasteiger partial charge in [0.25, 0.3) is 0 Å². The van der Waals surface area contributed by atoms with Crippen LogP contribution < -0.4 is 4.74 Å². The summed E-state index contributed by atoms with van der Waals surface area (Å²) >= 11 is 3.22. The Kier molecular flexibility index (Phi) is 4.78. The summed E-state index contributed by atoms with van der Waals surface area (Å²) in [7, 11) is -3.69. The second-order valence-electron chi connectivity index (χ2n) is 5.37. The fraction of sp³-hybridized carbons (Fsp3) is 0.267. The first kappa shape index (κ1) is 18.2. The van der Waals surface area contributed by atoms with Gasteiger partial charge in [0, 0.05) is 10.7 Å². The van der Waals surface area contributed by atoms with Gasteiger partial charge in [-0.2, -0.15) is 17.5 Å². The van der Waals surface area contributed by atoms with E-state index in [4.69, 9.17) is 4.74 Å². The van der Waals surface area contributed by atoms with Gasteiger partial charge in [-0.1, -0.05) is 15.9 Å². The molecule has 0 N–H and O–H groups in total. The van der Waals surface area contributed by atoms with Crippen LogP contribution in [0, 0.1) is 0 Å². The van der Waals surface area contributed by atoms with Crippen LogP contribution in [0.15, 0.2) is 52.0 Å². The van der Waals surface area contributed by atoms with Crippen LogP contribution in [-0.2, 0) is 16.2 Å². The van der Waals surface area contributed by atoms with Crippen molar-refractivity contribution in [3.05, 3.63) is 52.6 Å². The Morgan fingerprint density at radius 2 is 1.80 bits per heavy atom. The lowest BCUT2D eigenvalue weighted by atomic mass is 10.2. The van der Waals surface area contributed by atoms with Gasteiger partial charge < -0.3 is 4.74 Å². The lowest BCUT2D eigenvalue weighted by Gasteiger charge is -2.37. The van der Waals surface area contributed by atoms with E-state index >= 15 is 0 Å². The van der Waals surface area contributed by atoms with Crippen molar-refractivity contribution in [1.29, 1.82) is 0 Å². The predicted molar refractivity (Wildman–Crippen MR) is 86.6 cm³/mol. The van der Waals surface area contributed by atoms with Crippen molar-refractivity contribution in [1.82, 2.24) is 9.29 Å². The molecule has 1 aromatic carbocycles. The van der Waals surface area contributed by atoms with Gasteiger partial charge in [-0.15, -0.1) is 0 Å². The second kappa shape index (κ2) is 6.58. The molecule has 0 amide bonds. The minimum atomic E-state index is -4.59. The zero-order chi connectivity index (χ0) is 18.2. The monoisotopic (exact) mass is 436 g/mol. The Hall–Kier alpha value is -1.65. The summed E-state index contributed by atoms with van der Waals surface area (Å²) in [5, 5.41) is 0. The number of sulfonamides is 1. The van der Waals surface area contributed by atoms with Gasteiger partial charge >= 0.3 is 6.18 Å². The second-order valence-corrected chi connectivity index (χ2v) is 8.22. The van der Waals surface area contributed by atoms with Crippen molar-refractivity contribution >= 4 is 26.0 Å². The Morgan fingerprint density at radius 3 is 2.40 bits per heavy atom. The molecule has 2 heterocycles. The molecule has 0 unspecified atom stereocenters. The van der Waals surface area contributed by atoms with E-state index in [9.17, 15) is 21.6 Å². The molecule has 0 radical (unpaired) electrons. The zero-order valence-electron chi connectivity index (χ0n) is 12.6. The van der Waals surface area contributed by atoms with E-state index in [1.165, 1.54) is 24.4 Å². The van der Waals surface area contributed by atoms with Crippen molar-refractivity contribution < 1.29 is 26.3 Å². The van der Waals surface area contributed by atoms with E-state index in [0.29, 0.717) is 0 Å². The Bertz CT molecular complexity index is 866. The maximum Gasteiger partial charge on any atom is 0.421 e. The first-order chi connectivity index (χ1) is 11.7. The molecule has 1 aliphatic rings. The number of benzene rings is 1. The van der Waals surface area contributed by atoms with Crippen molar-refractivity contribution in [2.24, 2.45) is 0 Å². The standard InChI is InChI=1S/C15H12BrF3N2O3S/c16-10-3-5-12(6-4-10)25(22,23)21-8-11(9-21)24-14-13(15(17,18)19)2-1-7-20-14/h1-7,11H,8-9H2. The summed E-state index contributed by atoms with van der Waals surface area (Å²) in [5.74, 6) is -0.541. The molecule has 0 saturated carbocycles. The fourth-order valence-electron chi connectivity index (χ4n) is 2.29. The van der Waals surface area contributed by atoms with Gasteiger partial charge in [-0.3, -0.25) is 0 Å². The average Bonchev–Trinajstić information content (AvgIpc) is 2.50. The molecule has 10 heteroatoms. The van der Waals surface area contributed by atoms with Crippen molar-refractivity contribution in [2.75, 3.05) is 13.1 Å². The Labute approximate surface area is 150 Å². The minimum absolute atomic E-state index is 0.0354. The quantitative estimate of drug-likeness (QED) is 0.737. The summed E-state index contributed by atoms with van der Waals surface area (Å²) in [5.41, 5.74) is -0.982. The van der Waals surface area contributed by atoms with Crippen LogP contribution >= 0.6 is 15.9 Å². The summed E-state index contributed by atoms with van der Waals surface area (Å²) in [6, 6.07) is 8.15. The van der Waals surface area contributed by atoms with Crippen LogP contribution in [0.5, 0.6) is 5.88 Å². The van der Waals surface area contributed by atoms with E-state index in [1.807, 2.05) is 0 Å². The molecule has 25 heavy (non-hydrogen) atoms. The first-order valence-corrected chi connectivity index (χ1v) is 9.36. The Morgan fingerprint density at radius 1 is 1.16 bits per heavy atom. The summed E-state index contributed by atoms with van der Waals surface area (Å²) < 4.78 is 70.7. The molecule has 3 rings (SSSR count). The van der Waals surface area contributed by atoms with E-state index in [2.05, 4.69) is 20.9 Å². The normalized spacial score (nSPS) is 16.5. The molecular formula is C15H12BrF3N2O3S. The van der Waals surface area contributed by atoms with Crippen molar-refractivity contribution in [3.8, 4) is 5.88 Å². The number of nitrogens with zero attached hydrogens (tertiary/aromatic N) is 2. The molecule has 1 saturated heterocycles. The fourth-order valence-corrected chi connectivity index (χ4v) is 4.05. The molecule has 0 aliphatic carbocycles. The highest BCUT2D eigenvalue weighted by atomic mass is 79.9. The van der Waals surface area contributed by atoms with Gasteiger partial charge in [-0.05, 0) is 36.4 Å². The van der Waals surface area contributed by atoms with Crippen LogP contribution in [-0.4, -0.2) is 36.9 Å². The summed E-state index contributed by atoms with van der Waals surface area (Å²) in [6.45, 7) is -0.0709. The molecule has 0 atom stereocenters. The first-order valence-electron chi connectivity index (χ1n) is 7.12. The van der Waals surface area contributed by atoms with Gasteiger partial charge in [0.15, 0.2) is 0 Å². The molecule has 1 fully saturated rings. The van der Waals surface area contributed by atoms with Crippen LogP contribution in [0.25, 0.3) is 0 Å². The van der Waals surface area contributed by atoms with E-state index in [1.54, 1.807) is 12.1 Å². The van der Waals surface area contributed by atoms with E-state index in [-0.39, 0.29) is 18.0 Å². The lowest BCUT2D eigenvalue weighted by Crippen LogP contribution is -2.56. The number of halogens is 4. The molecule has 2 aromatic rings. The van der Waals surface area contributed by atoms with E-state index < -0.39 is 33.7 Å². The smallest absolute Gasteiger partial charge is 0.421 e. The summed E-state index contributed by atoms with van der Waals surface area (Å²) in [6.07, 6.45) is -4.07. The van der Waals surface area contributed by atoms with Crippen LogP contribution in [0.4, 0.5) is 13.2 Å². The average molecular weight is 437 g/mol. The van der Waals surface area contributed by atoms with E-state index in [0.717, 1.165) is 14.8 Å². The van der Waals surface area contributed by atoms with Crippen LogP contribution in [0.3, 0.4) is 0 Å². The lowest BCUT2D eigenvalue weighted by molar-refractivity contribution is -0.140. The van der Waals surface area contributed by atoms with Gasteiger partial charge in [0.05, 0.1) is 18.0 Å². The number of pyridine rings is 1. The van der Waals surface area contributed by atoms with Crippen LogP contribution in [0.2, 0.25) is 0 Å². The third-order valence-electron chi connectivity index (χ3n) is 3.62. The third-order valence-corrected chi connectivity index (χ3v) is 6.00. The van der Waals surface area contributed by atoms with Gasteiger partial charge in [0.1, 0.15) is 11.7 Å². The molecule has 5 nitrogen and oxygen atoms in total. The highest BCUT2D eigenvalue weighted by Gasteiger charge is 2.41. The van der Waals surface area contributed by atoms with Crippen LogP contribution in [0.1, 0.15) is 5.56 Å². The molecular weight excluding hydrogens is 425 g/mol. The molecule has 0 bridgehead atoms. The maximum absolute atomic E-state index is 12.9. The van der Waals surface area contributed by atoms with Gasteiger partial charge in [-0.25, -0.2) is 13.4 Å². The SMILES string of the molecule is O=S(=O)(c1ccc(Br)cc1)N1CC(Oc2ncccc2C(F)(F)F)C1. The minimum Gasteiger partial charge on any atom is -0.471 e. The number of hydrogen-bond donors (Lipinski definition) is 0. The molecule has 0 spiro atoms. The highest BCUT2D eigenvalue weighted by molar-refractivity contribution is 9.10. The maximum atomic E-state index is 12.9. The molecule has 1 aromatic heterocycles. The number of ether oxygens (including phenoxy) is 1. The third kappa shape index (κ3) is 3.80. The molecule has 134 valence electrons. The van der Waals surface area contributed by atoms with Crippen molar-refractivity contribution in [2.45, 2.75) is 17.2 Å². The largest absolute Gasteiger partial charge is 0.471 e. The number of alkyl halides is 3. The highest BCUT2D eigenvalue weighted by Crippen LogP contribution is 2.36. The predicted octanol–water partition coefficient (Wildman–Crippen LogP) is 3.31. The van der Waals surface area contributed by atoms with Crippen molar-refractivity contribution in [3.63, 3.8) is 0 Å². The summed E-state index contributed by atoms with van der Waals surface area (Å²) in [4.78, 5) is 3.72. The topological polar surface area (TPSA) is 59.5 Å².